The maximum Gasteiger partial charge on any atom is 0.329 e. The quantitative estimate of drug-likeness (QED) is 0.623. The van der Waals surface area contributed by atoms with Crippen LogP contribution in [0.2, 0.25) is 0 Å². The molecule has 2 rings (SSSR count). The third kappa shape index (κ3) is 3.31. The highest BCUT2D eigenvalue weighted by atomic mass is 16.6. The van der Waals surface area contributed by atoms with E-state index in [-0.39, 0.29) is 12.3 Å². The summed E-state index contributed by atoms with van der Waals surface area (Å²) in [4.78, 5) is 23.0. The van der Waals surface area contributed by atoms with E-state index in [1.165, 1.54) is 6.07 Å². The lowest BCUT2D eigenvalue weighted by molar-refractivity contribution is -0.385. The second-order valence-electron chi connectivity index (χ2n) is 5.16. The number of carbonyl (C=O) groups is 1. The Morgan fingerprint density at radius 1 is 1.50 bits per heavy atom. The van der Waals surface area contributed by atoms with Gasteiger partial charge in [0.1, 0.15) is 6.61 Å². The van der Waals surface area contributed by atoms with Crippen molar-refractivity contribution in [1.82, 2.24) is 4.90 Å². The van der Waals surface area contributed by atoms with Crippen LogP contribution in [-0.4, -0.2) is 46.2 Å². The second kappa shape index (κ2) is 5.56. The molecule has 0 aromatic heterocycles. The monoisotopic (exact) mass is 280 g/mol. The van der Waals surface area contributed by atoms with Crippen LogP contribution in [0.4, 0.5) is 5.69 Å². The fourth-order valence-electron chi connectivity index (χ4n) is 2.40. The van der Waals surface area contributed by atoms with Crippen LogP contribution in [0.3, 0.4) is 0 Å². The van der Waals surface area contributed by atoms with Crippen molar-refractivity contribution >= 4 is 11.7 Å². The minimum atomic E-state index is -0.997. The Labute approximate surface area is 115 Å². The van der Waals surface area contributed by atoms with Gasteiger partial charge in [0.15, 0.2) is 0 Å². The first kappa shape index (κ1) is 14.4. The third-order valence-electron chi connectivity index (χ3n) is 3.24. The summed E-state index contributed by atoms with van der Waals surface area (Å²) >= 11 is 0. The van der Waals surface area contributed by atoms with Gasteiger partial charge in [-0.15, -0.1) is 0 Å². The lowest BCUT2D eigenvalue weighted by atomic mass is 9.95. The van der Waals surface area contributed by atoms with Crippen LogP contribution in [0.15, 0.2) is 24.3 Å². The van der Waals surface area contributed by atoms with Crippen LogP contribution in [0, 0.1) is 10.1 Å². The van der Waals surface area contributed by atoms with Gasteiger partial charge in [0, 0.05) is 31.3 Å². The Kier molecular flexibility index (Phi) is 4.01. The maximum atomic E-state index is 10.9. The Hall–Kier alpha value is -1.99. The van der Waals surface area contributed by atoms with Crippen LogP contribution >= 0.6 is 0 Å². The van der Waals surface area contributed by atoms with Gasteiger partial charge in [0.2, 0.25) is 0 Å². The molecule has 1 N–H and O–H groups in total. The van der Waals surface area contributed by atoms with E-state index in [9.17, 15) is 14.9 Å². The summed E-state index contributed by atoms with van der Waals surface area (Å²) < 4.78 is 5.30. The molecule has 1 saturated heterocycles. The minimum absolute atomic E-state index is 0.104. The number of ether oxygens (including phenoxy) is 1. The van der Waals surface area contributed by atoms with Crippen molar-refractivity contribution in [3.8, 4) is 0 Å². The number of hydrogen-bond donors (Lipinski definition) is 1. The number of nitro benzene ring substituents is 1. The first-order chi connectivity index (χ1) is 9.39. The van der Waals surface area contributed by atoms with Crippen LogP contribution in [0.25, 0.3) is 0 Å². The van der Waals surface area contributed by atoms with Gasteiger partial charge in [0.05, 0.1) is 10.5 Å². The van der Waals surface area contributed by atoms with E-state index in [0.717, 1.165) is 0 Å². The standard InChI is InChI=1S/C13H16N2O5/c1-13(20-7-12(16)17)8-14(9-13)6-10-4-2-3-5-11(10)15(18)19/h2-5H,6-9H2,1H3,(H,16,17). The molecule has 0 amide bonds. The molecule has 1 aliphatic heterocycles. The van der Waals surface area contributed by atoms with Crippen molar-refractivity contribution in [2.24, 2.45) is 0 Å². The molecule has 0 unspecified atom stereocenters. The van der Waals surface area contributed by atoms with Crippen LogP contribution in [0.1, 0.15) is 12.5 Å². The predicted octanol–water partition coefficient (Wildman–Crippen LogP) is 1.27. The molecule has 108 valence electrons. The minimum Gasteiger partial charge on any atom is -0.480 e. The molecule has 7 nitrogen and oxygen atoms in total. The number of carboxylic acid groups (broad SMARTS) is 1. The molecule has 0 radical (unpaired) electrons. The summed E-state index contributed by atoms with van der Waals surface area (Å²) in [5.41, 5.74) is 0.271. The van der Waals surface area contributed by atoms with Gasteiger partial charge in [-0.25, -0.2) is 4.79 Å². The Bertz CT molecular complexity index is 525. The van der Waals surface area contributed by atoms with Gasteiger partial charge >= 0.3 is 5.97 Å². The number of para-hydroxylation sites is 1. The zero-order valence-electron chi connectivity index (χ0n) is 11.1. The number of aliphatic carboxylic acids is 1. The van der Waals surface area contributed by atoms with Crippen molar-refractivity contribution in [1.29, 1.82) is 0 Å². The lowest BCUT2D eigenvalue weighted by Crippen LogP contribution is -2.61. The summed E-state index contributed by atoms with van der Waals surface area (Å²) in [7, 11) is 0. The smallest absolute Gasteiger partial charge is 0.329 e. The van der Waals surface area contributed by atoms with Crippen molar-refractivity contribution in [3.05, 3.63) is 39.9 Å². The molecule has 0 bridgehead atoms. The summed E-state index contributed by atoms with van der Waals surface area (Å²) in [5.74, 6) is -0.997. The molecule has 1 heterocycles. The van der Waals surface area contributed by atoms with Crippen LogP contribution in [-0.2, 0) is 16.1 Å². The number of nitro groups is 1. The van der Waals surface area contributed by atoms with E-state index >= 15 is 0 Å². The summed E-state index contributed by atoms with van der Waals surface area (Å²) in [6.07, 6.45) is 0. The van der Waals surface area contributed by atoms with Crippen molar-refractivity contribution in [2.75, 3.05) is 19.7 Å². The van der Waals surface area contributed by atoms with Crippen molar-refractivity contribution in [2.45, 2.75) is 19.1 Å². The second-order valence-corrected chi connectivity index (χ2v) is 5.16. The van der Waals surface area contributed by atoms with E-state index in [2.05, 4.69) is 0 Å². The number of hydrogen-bond acceptors (Lipinski definition) is 5. The van der Waals surface area contributed by atoms with E-state index in [1.54, 1.807) is 18.2 Å². The van der Waals surface area contributed by atoms with Crippen molar-refractivity contribution < 1.29 is 19.6 Å². The first-order valence-corrected chi connectivity index (χ1v) is 6.20. The number of benzene rings is 1. The van der Waals surface area contributed by atoms with Gasteiger partial charge in [-0.2, -0.15) is 0 Å². The Morgan fingerprint density at radius 2 is 2.15 bits per heavy atom. The number of carboxylic acids is 1. The average molecular weight is 280 g/mol. The zero-order valence-corrected chi connectivity index (χ0v) is 11.1. The van der Waals surface area contributed by atoms with Crippen LogP contribution < -0.4 is 0 Å². The summed E-state index contributed by atoms with van der Waals surface area (Å²) in [5, 5.41) is 19.5. The van der Waals surface area contributed by atoms with E-state index < -0.39 is 16.5 Å². The Balaban J connectivity index is 1.91. The number of nitrogens with zero attached hydrogens (tertiary/aromatic N) is 2. The van der Waals surface area contributed by atoms with E-state index in [0.29, 0.717) is 25.2 Å². The molecule has 20 heavy (non-hydrogen) atoms. The maximum absolute atomic E-state index is 10.9. The SMILES string of the molecule is CC1(OCC(=O)O)CN(Cc2ccccc2[N+](=O)[O-])C1. The molecule has 7 heteroatoms. The van der Waals surface area contributed by atoms with E-state index in [4.69, 9.17) is 9.84 Å². The topological polar surface area (TPSA) is 92.9 Å². The highest BCUT2D eigenvalue weighted by molar-refractivity contribution is 5.68. The molecule has 0 aliphatic carbocycles. The molecule has 1 aromatic carbocycles. The highest BCUT2D eigenvalue weighted by Crippen LogP contribution is 2.28. The van der Waals surface area contributed by atoms with Crippen LogP contribution in [0.5, 0.6) is 0 Å². The van der Waals surface area contributed by atoms with Gasteiger partial charge in [0.25, 0.3) is 5.69 Å². The first-order valence-electron chi connectivity index (χ1n) is 6.20. The fraction of sp³-hybridized carbons (Fsp3) is 0.462. The van der Waals surface area contributed by atoms with Gasteiger partial charge in [-0.05, 0) is 6.92 Å². The molecule has 1 fully saturated rings. The predicted molar refractivity (Wildman–Crippen MR) is 70.4 cm³/mol. The van der Waals surface area contributed by atoms with E-state index in [1.807, 2.05) is 11.8 Å². The number of likely N-dealkylation sites (tertiary alicyclic amines) is 1. The highest BCUT2D eigenvalue weighted by Gasteiger charge is 2.40. The largest absolute Gasteiger partial charge is 0.480 e. The van der Waals surface area contributed by atoms with Crippen molar-refractivity contribution in [3.63, 3.8) is 0 Å². The third-order valence-corrected chi connectivity index (χ3v) is 3.24. The Morgan fingerprint density at radius 3 is 2.75 bits per heavy atom. The fourth-order valence-corrected chi connectivity index (χ4v) is 2.40. The molecular formula is C13H16N2O5. The number of rotatable bonds is 6. The van der Waals surface area contributed by atoms with Gasteiger partial charge in [-0.1, -0.05) is 18.2 Å². The average Bonchev–Trinajstić information content (AvgIpc) is 2.35. The molecule has 0 saturated carbocycles. The normalized spacial score (nSPS) is 17.4. The zero-order chi connectivity index (χ0) is 14.8. The summed E-state index contributed by atoms with van der Waals surface area (Å²) in [6, 6.07) is 6.61. The lowest BCUT2D eigenvalue weighted by Gasteiger charge is -2.47. The summed E-state index contributed by atoms with van der Waals surface area (Å²) in [6.45, 7) is 3.10. The molecule has 0 spiro atoms. The molecule has 1 aromatic rings. The van der Waals surface area contributed by atoms with Gasteiger partial charge in [-0.3, -0.25) is 15.0 Å². The van der Waals surface area contributed by atoms with Gasteiger partial charge < -0.3 is 9.84 Å². The molecule has 0 atom stereocenters. The molecule has 1 aliphatic rings. The molecular weight excluding hydrogens is 264 g/mol.